The number of rotatable bonds is 14. The monoisotopic (exact) mass is 302 g/mol. The van der Waals surface area contributed by atoms with Crippen molar-refractivity contribution in [3.63, 3.8) is 0 Å². The Hall–Kier alpha value is -0.120. The lowest BCUT2D eigenvalue weighted by atomic mass is 10.00. The lowest BCUT2D eigenvalue weighted by Gasteiger charge is -2.31. The topological polar surface area (TPSA) is 49.7 Å². The minimum atomic E-state index is -0.400. The molecule has 3 nitrogen and oxygen atoms in total. The standard InChI is InChI=1S/C18H38O3/c1-5-9-13-15(19)17(11-7-3)21-18(12-8-4)16(20)14-10-6-2/h15-20H,5-14H2,1-4H3. The summed E-state index contributed by atoms with van der Waals surface area (Å²) in [7, 11) is 0. The smallest absolute Gasteiger partial charge is 0.0838 e. The summed E-state index contributed by atoms with van der Waals surface area (Å²) >= 11 is 0. The summed E-state index contributed by atoms with van der Waals surface area (Å²) in [6.45, 7) is 8.50. The first-order chi connectivity index (χ1) is 10.1. The van der Waals surface area contributed by atoms with Crippen LogP contribution in [0, 0.1) is 0 Å². The van der Waals surface area contributed by atoms with Crippen LogP contribution in [0.1, 0.15) is 91.9 Å². The highest BCUT2D eigenvalue weighted by Gasteiger charge is 2.26. The van der Waals surface area contributed by atoms with Crippen molar-refractivity contribution in [3.05, 3.63) is 0 Å². The van der Waals surface area contributed by atoms with Crippen LogP contribution in [0.25, 0.3) is 0 Å². The zero-order valence-electron chi connectivity index (χ0n) is 14.7. The zero-order chi connectivity index (χ0) is 16.1. The van der Waals surface area contributed by atoms with Crippen LogP contribution in [0.3, 0.4) is 0 Å². The molecule has 0 fully saturated rings. The molecule has 2 N–H and O–H groups in total. The molecule has 0 heterocycles. The minimum Gasteiger partial charge on any atom is -0.390 e. The maximum absolute atomic E-state index is 10.3. The summed E-state index contributed by atoms with van der Waals surface area (Å²) in [5, 5.41) is 20.7. The molecule has 3 heteroatoms. The Balaban J connectivity index is 4.55. The lowest BCUT2D eigenvalue weighted by Crippen LogP contribution is -2.38. The molecule has 21 heavy (non-hydrogen) atoms. The number of aliphatic hydroxyl groups excluding tert-OH is 2. The van der Waals surface area contributed by atoms with Gasteiger partial charge in [-0.25, -0.2) is 0 Å². The van der Waals surface area contributed by atoms with Crippen molar-refractivity contribution >= 4 is 0 Å². The number of aliphatic hydroxyl groups is 2. The summed E-state index contributed by atoms with van der Waals surface area (Å²) in [6, 6.07) is 0. The van der Waals surface area contributed by atoms with Crippen LogP contribution in [0.4, 0.5) is 0 Å². The van der Waals surface area contributed by atoms with E-state index in [1.54, 1.807) is 0 Å². The summed E-state index contributed by atoms with van der Waals surface area (Å²) in [5.41, 5.74) is 0. The summed E-state index contributed by atoms with van der Waals surface area (Å²) < 4.78 is 6.15. The Kier molecular flexibility index (Phi) is 13.5. The highest BCUT2D eigenvalue weighted by molar-refractivity contribution is 4.75. The van der Waals surface area contributed by atoms with E-state index in [1.807, 2.05) is 0 Å². The first-order valence-electron chi connectivity index (χ1n) is 9.12. The van der Waals surface area contributed by atoms with E-state index in [2.05, 4.69) is 27.7 Å². The maximum Gasteiger partial charge on any atom is 0.0838 e. The average molecular weight is 302 g/mol. The molecule has 0 radical (unpaired) electrons. The van der Waals surface area contributed by atoms with E-state index >= 15 is 0 Å². The summed E-state index contributed by atoms with van der Waals surface area (Å²) in [5.74, 6) is 0. The maximum atomic E-state index is 10.3. The van der Waals surface area contributed by atoms with E-state index in [0.717, 1.165) is 64.2 Å². The fourth-order valence-corrected chi connectivity index (χ4v) is 2.69. The van der Waals surface area contributed by atoms with Crippen LogP contribution in [0.15, 0.2) is 0 Å². The second kappa shape index (κ2) is 13.5. The van der Waals surface area contributed by atoms with Gasteiger partial charge >= 0.3 is 0 Å². The van der Waals surface area contributed by atoms with Crippen molar-refractivity contribution in [2.45, 2.75) is 116 Å². The van der Waals surface area contributed by atoms with Gasteiger partial charge in [0, 0.05) is 0 Å². The molecule has 0 aliphatic carbocycles. The third-order valence-electron chi connectivity index (χ3n) is 4.06. The Bertz CT molecular complexity index is 199. The molecule has 4 unspecified atom stereocenters. The third kappa shape index (κ3) is 9.49. The highest BCUT2D eigenvalue weighted by atomic mass is 16.5. The van der Waals surface area contributed by atoms with Crippen LogP contribution in [0.2, 0.25) is 0 Å². The first-order valence-corrected chi connectivity index (χ1v) is 9.12. The Labute approximate surface area is 132 Å². The van der Waals surface area contributed by atoms with Crippen molar-refractivity contribution in [1.29, 1.82) is 0 Å². The van der Waals surface area contributed by atoms with Crippen LogP contribution in [-0.2, 0) is 4.74 Å². The van der Waals surface area contributed by atoms with Crippen molar-refractivity contribution in [3.8, 4) is 0 Å². The highest BCUT2D eigenvalue weighted by Crippen LogP contribution is 2.21. The van der Waals surface area contributed by atoms with Gasteiger partial charge in [0.05, 0.1) is 24.4 Å². The second-order valence-electron chi connectivity index (χ2n) is 6.21. The number of hydrogen-bond acceptors (Lipinski definition) is 3. The molecular formula is C18H38O3. The van der Waals surface area contributed by atoms with Gasteiger partial charge in [-0.05, 0) is 25.7 Å². The van der Waals surface area contributed by atoms with Gasteiger partial charge in [-0.1, -0.05) is 66.2 Å². The lowest BCUT2D eigenvalue weighted by molar-refractivity contribution is -0.124. The van der Waals surface area contributed by atoms with Crippen LogP contribution < -0.4 is 0 Å². The van der Waals surface area contributed by atoms with Gasteiger partial charge in [0.15, 0.2) is 0 Å². The van der Waals surface area contributed by atoms with E-state index in [1.165, 1.54) is 0 Å². The van der Waals surface area contributed by atoms with Gasteiger partial charge in [-0.15, -0.1) is 0 Å². The van der Waals surface area contributed by atoms with E-state index in [-0.39, 0.29) is 12.2 Å². The molecule has 128 valence electrons. The number of unbranched alkanes of at least 4 members (excludes halogenated alkanes) is 2. The van der Waals surface area contributed by atoms with Crippen LogP contribution in [0.5, 0.6) is 0 Å². The van der Waals surface area contributed by atoms with Crippen molar-refractivity contribution in [2.75, 3.05) is 0 Å². The zero-order valence-corrected chi connectivity index (χ0v) is 14.7. The minimum absolute atomic E-state index is 0.130. The molecule has 0 saturated heterocycles. The van der Waals surface area contributed by atoms with E-state index in [4.69, 9.17) is 4.74 Å². The van der Waals surface area contributed by atoms with E-state index < -0.39 is 12.2 Å². The molecule has 0 aliphatic heterocycles. The van der Waals surface area contributed by atoms with Gasteiger partial charge in [0.25, 0.3) is 0 Å². The molecule has 0 aromatic rings. The molecule has 0 rings (SSSR count). The van der Waals surface area contributed by atoms with Gasteiger partial charge in [0.2, 0.25) is 0 Å². The Morgan fingerprint density at radius 3 is 1.29 bits per heavy atom. The molecule has 0 spiro atoms. The number of ether oxygens (including phenoxy) is 1. The summed E-state index contributed by atoms with van der Waals surface area (Å²) in [4.78, 5) is 0. The van der Waals surface area contributed by atoms with Gasteiger partial charge in [-0.2, -0.15) is 0 Å². The van der Waals surface area contributed by atoms with E-state index in [9.17, 15) is 10.2 Å². The second-order valence-corrected chi connectivity index (χ2v) is 6.21. The first kappa shape index (κ1) is 20.9. The molecule has 0 aromatic heterocycles. The average Bonchev–Trinajstić information content (AvgIpc) is 2.48. The predicted octanol–water partition coefficient (Wildman–Crippen LogP) is 4.44. The quantitative estimate of drug-likeness (QED) is 0.498. The van der Waals surface area contributed by atoms with Crippen molar-refractivity contribution in [1.82, 2.24) is 0 Å². The molecule has 0 aliphatic rings. The Morgan fingerprint density at radius 2 is 1.00 bits per heavy atom. The fourth-order valence-electron chi connectivity index (χ4n) is 2.69. The van der Waals surface area contributed by atoms with Crippen molar-refractivity contribution in [2.24, 2.45) is 0 Å². The fraction of sp³-hybridized carbons (Fsp3) is 1.00. The molecule has 0 saturated carbocycles. The Morgan fingerprint density at radius 1 is 0.619 bits per heavy atom. The third-order valence-corrected chi connectivity index (χ3v) is 4.06. The molecule has 0 bridgehead atoms. The largest absolute Gasteiger partial charge is 0.390 e. The van der Waals surface area contributed by atoms with Crippen LogP contribution in [-0.4, -0.2) is 34.6 Å². The molecule has 0 aromatic carbocycles. The van der Waals surface area contributed by atoms with E-state index in [0.29, 0.717) is 0 Å². The predicted molar refractivity (Wildman–Crippen MR) is 89.5 cm³/mol. The van der Waals surface area contributed by atoms with Crippen LogP contribution >= 0.6 is 0 Å². The molecule has 4 atom stereocenters. The number of hydrogen-bond donors (Lipinski definition) is 2. The van der Waals surface area contributed by atoms with Crippen molar-refractivity contribution < 1.29 is 14.9 Å². The summed E-state index contributed by atoms with van der Waals surface area (Å²) in [6.07, 6.45) is 8.50. The SMILES string of the molecule is CCCCC(O)C(CCC)OC(CCC)C(O)CCCC. The van der Waals surface area contributed by atoms with Gasteiger partial charge in [0.1, 0.15) is 0 Å². The molecular weight excluding hydrogens is 264 g/mol. The normalized spacial score (nSPS) is 17.4. The molecule has 0 amide bonds. The van der Waals surface area contributed by atoms with Gasteiger partial charge in [-0.3, -0.25) is 0 Å². The van der Waals surface area contributed by atoms with Gasteiger partial charge < -0.3 is 14.9 Å².